The molecule has 25 heavy (non-hydrogen) atoms. The number of hydrogen-bond acceptors (Lipinski definition) is 6. The van der Waals surface area contributed by atoms with Crippen molar-refractivity contribution in [3.05, 3.63) is 40.9 Å². The Balaban J connectivity index is 1.71. The number of amides is 1. The van der Waals surface area contributed by atoms with Gasteiger partial charge in [0.25, 0.3) is 5.91 Å². The summed E-state index contributed by atoms with van der Waals surface area (Å²) in [5.41, 5.74) is 2.65. The zero-order valence-corrected chi connectivity index (χ0v) is 15.8. The van der Waals surface area contributed by atoms with Crippen molar-refractivity contribution in [1.82, 2.24) is 19.9 Å². The fourth-order valence-corrected chi connectivity index (χ4v) is 4.09. The van der Waals surface area contributed by atoms with Crippen molar-refractivity contribution in [2.75, 3.05) is 32.7 Å². The van der Waals surface area contributed by atoms with Crippen LogP contribution in [0.4, 0.5) is 0 Å². The molecule has 0 bridgehead atoms. The number of nitrogens with zero attached hydrogens (tertiary/aromatic N) is 4. The maximum absolute atomic E-state index is 12.9. The van der Waals surface area contributed by atoms with Crippen LogP contribution in [0.3, 0.4) is 0 Å². The molecule has 134 valence electrons. The van der Waals surface area contributed by atoms with E-state index in [0.29, 0.717) is 11.3 Å². The van der Waals surface area contributed by atoms with Gasteiger partial charge in [0, 0.05) is 43.7 Å². The molecule has 1 fully saturated rings. The Labute approximate surface area is 152 Å². The fourth-order valence-electron chi connectivity index (χ4n) is 2.95. The average molecular weight is 360 g/mol. The third-order valence-electron chi connectivity index (χ3n) is 4.64. The van der Waals surface area contributed by atoms with Crippen LogP contribution in [0.5, 0.6) is 0 Å². The highest BCUT2D eigenvalue weighted by Crippen LogP contribution is 2.28. The van der Waals surface area contributed by atoms with E-state index in [-0.39, 0.29) is 5.91 Å². The molecule has 1 amide bonds. The first-order valence-electron chi connectivity index (χ1n) is 8.61. The van der Waals surface area contributed by atoms with Gasteiger partial charge in [0.15, 0.2) is 0 Å². The lowest BCUT2D eigenvalue weighted by molar-refractivity contribution is 0.0639. The SMILES string of the molecule is CCN1CCN(C(=O)c2cccnc2SCc2c(C)noc2C)CC1. The number of pyridine rings is 1. The number of likely N-dealkylation sites (N-methyl/N-ethyl adjacent to an activating group) is 1. The lowest BCUT2D eigenvalue weighted by atomic mass is 10.2. The number of thioether (sulfide) groups is 1. The van der Waals surface area contributed by atoms with Crippen LogP contribution in [-0.2, 0) is 5.75 Å². The van der Waals surface area contributed by atoms with Gasteiger partial charge in [-0.05, 0) is 32.5 Å². The van der Waals surface area contributed by atoms with Crippen molar-refractivity contribution in [2.45, 2.75) is 31.6 Å². The van der Waals surface area contributed by atoms with E-state index in [2.05, 4.69) is 22.0 Å². The summed E-state index contributed by atoms with van der Waals surface area (Å²) in [4.78, 5) is 21.7. The molecule has 2 aromatic heterocycles. The van der Waals surface area contributed by atoms with E-state index >= 15 is 0 Å². The van der Waals surface area contributed by atoms with Crippen molar-refractivity contribution < 1.29 is 9.32 Å². The first kappa shape index (κ1) is 17.9. The lowest BCUT2D eigenvalue weighted by Gasteiger charge is -2.34. The van der Waals surface area contributed by atoms with Crippen LogP contribution in [0.2, 0.25) is 0 Å². The highest BCUT2D eigenvalue weighted by Gasteiger charge is 2.24. The first-order valence-corrected chi connectivity index (χ1v) is 9.60. The number of carbonyl (C=O) groups excluding carboxylic acids is 1. The zero-order chi connectivity index (χ0) is 17.8. The Morgan fingerprint density at radius 3 is 2.68 bits per heavy atom. The molecule has 0 aromatic carbocycles. The third kappa shape index (κ3) is 4.04. The molecule has 3 rings (SSSR count). The Kier molecular flexibility index (Phi) is 5.75. The zero-order valence-electron chi connectivity index (χ0n) is 15.0. The number of piperazine rings is 1. The highest BCUT2D eigenvalue weighted by atomic mass is 32.2. The van der Waals surface area contributed by atoms with Crippen LogP contribution in [0, 0.1) is 13.8 Å². The monoisotopic (exact) mass is 360 g/mol. The van der Waals surface area contributed by atoms with E-state index in [9.17, 15) is 4.79 Å². The minimum Gasteiger partial charge on any atom is -0.361 e. The van der Waals surface area contributed by atoms with Gasteiger partial charge in [0.05, 0.1) is 11.3 Å². The predicted octanol–water partition coefficient (Wildman–Crippen LogP) is 2.76. The van der Waals surface area contributed by atoms with E-state index in [0.717, 1.165) is 54.8 Å². The molecule has 0 aliphatic carbocycles. The summed E-state index contributed by atoms with van der Waals surface area (Å²) < 4.78 is 5.21. The molecule has 6 nitrogen and oxygen atoms in total. The van der Waals surface area contributed by atoms with Crippen LogP contribution in [0.1, 0.15) is 34.3 Å². The van der Waals surface area contributed by atoms with Gasteiger partial charge in [-0.25, -0.2) is 4.98 Å². The van der Waals surface area contributed by atoms with E-state index in [1.54, 1.807) is 18.0 Å². The summed E-state index contributed by atoms with van der Waals surface area (Å²) in [6.45, 7) is 10.5. The topological polar surface area (TPSA) is 62.5 Å². The molecular formula is C18H24N4O2S. The fraction of sp³-hybridized carbons (Fsp3) is 0.500. The Morgan fingerprint density at radius 2 is 2.04 bits per heavy atom. The maximum Gasteiger partial charge on any atom is 0.256 e. The molecule has 3 heterocycles. The highest BCUT2D eigenvalue weighted by molar-refractivity contribution is 7.98. The largest absolute Gasteiger partial charge is 0.361 e. The second-order valence-electron chi connectivity index (χ2n) is 6.17. The van der Waals surface area contributed by atoms with Crippen LogP contribution in [0.15, 0.2) is 27.9 Å². The van der Waals surface area contributed by atoms with Crippen LogP contribution < -0.4 is 0 Å². The number of hydrogen-bond donors (Lipinski definition) is 0. The van der Waals surface area contributed by atoms with Gasteiger partial charge in [-0.2, -0.15) is 0 Å². The molecule has 1 saturated heterocycles. The summed E-state index contributed by atoms with van der Waals surface area (Å²) in [5, 5.41) is 4.75. The Hall–Kier alpha value is -1.86. The summed E-state index contributed by atoms with van der Waals surface area (Å²) in [6, 6.07) is 3.70. The number of rotatable bonds is 5. The molecule has 2 aromatic rings. The Bertz CT molecular complexity index is 719. The van der Waals surface area contributed by atoms with Crippen molar-refractivity contribution in [1.29, 1.82) is 0 Å². The average Bonchev–Trinajstić information content (AvgIpc) is 2.97. The van der Waals surface area contributed by atoms with Gasteiger partial charge in [-0.15, -0.1) is 11.8 Å². The minimum atomic E-state index is 0.0742. The molecular weight excluding hydrogens is 336 g/mol. The van der Waals surface area contributed by atoms with Gasteiger partial charge in [0.1, 0.15) is 10.8 Å². The second kappa shape index (κ2) is 8.01. The van der Waals surface area contributed by atoms with Gasteiger partial charge < -0.3 is 14.3 Å². The second-order valence-corrected chi connectivity index (χ2v) is 7.14. The number of aryl methyl sites for hydroxylation is 2. The van der Waals surface area contributed by atoms with Gasteiger partial charge in [-0.3, -0.25) is 4.79 Å². The third-order valence-corrected chi connectivity index (χ3v) is 5.67. The molecule has 7 heteroatoms. The molecule has 0 radical (unpaired) electrons. The van der Waals surface area contributed by atoms with Crippen molar-refractivity contribution >= 4 is 17.7 Å². The number of aromatic nitrogens is 2. The van der Waals surface area contributed by atoms with Crippen LogP contribution in [-0.4, -0.2) is 58.6 Å². The Morgan fingerprint density at radius 1 is 1.28 bits per heavy atom. The quantitative estimate of drug-likeness (QED) is 0.764. The van der Waals surface area contributed by atoms with E-state index in [1.165, 1.54) is 0 Å². The lowest BCUT2D eigenvalue weighted by Crippen LogP contribution is -2.48. The van der Waals surface area contributed by atoms with E-state index in [1.807, 2.05) is 30.9 Å². The van der Waals surface area contributed by atoms with Gasteiger partial charge in [0.2, 0.25) is 0 Å². The van der Waals surface area contributed by atoms with Gasteiger partial charge >= 0.3 is 0 Å². The summed E-state index contributed by atoms with van der Waals surface area (Å²) in [7, 11) is 0. The molecule has 0 N–H and O–H groups in total. The minimum absolute atomic E-state index is 0.0742. The number of carbonyl (C=O) groups is 1. The smallest absolute Gasteiger partial charge is 0.256 e. The van der Waals surface area contributed by atoms with Gasteiger partial charge in [-0.1, -0.05) is 12.1 Å². The predicted molar refractivity (Wildman–Crippen MR) is 97.8 cm³/mol. The van der Waals surface area contributed by atoms with Crippen molar-refractivity contribution in [3.8, 4) is 0 Å². The summed E-state index contributed by atoms with van der Waals surface area (Å²) >= 11 is 1.56. The molecule has 1 aliphatic rings. The maximum atomic E-state index is 12.9. The summed E-state index contributed by atoms with van der Waals surface area (Å²) in [5.74, 6) is 1.59. The molecule has 0 atom stereocenters. The van der Waals surface area contributed by atoms with Crippen LogP contribution >= 0.6 is 11.8 Å². The molecule has 0 unspecified atom stereocenters. The molecule has 0 saturated carbocycles. The molecule has 1 aliphatic heterocycles. The van der Waals surface area contributed by atoms with Crippen LogP contribution in [0.25, 0.3) is 0 Å². The van der Waals surface area contributed by atoms with E-state index in [4.69, 9.17) is 4.52 Å². The standard InChI is InChI=1S/C18H24N4O2S/c1-4-21-8-10-22(11-9-21)18(23)15-6-5-7-19-17(15)25-12-16-13(2)20-24-14(16)3/h5-7H,4,8-12H2,1-3H3. The van der Waals surface area contributed by atoms with Crippen molar-refractivity contribution in [3.63, 3.8) is 0 Å². The first-order chi connectivity index (χ1) is 12.1. The normalized spacial score (nSPS) is 15.6. The van der Waals surface area contributed by atoms with Crippen molar-refractivity contribution in [2.24, 2.45) is 0 Å². The summed E-state index contributed by atoms with van der Waals surface area (Å²) in [6.07, 6.45) is 1.74. The van der Waals surface area contributed by atoms with E-state index < -0.39 is 0 Å². The molecule has 0 spiro atoms.